The van der Waals surface area contributed by atoms with Gasteiger partial charge < -0.3 is 9.84 Å². The van der Waals surface area contributed by atoms with Crippen molar-refractivity contribution in [2.45, 2.75) is 19.1 Å². The van der Waals surface area contributed by atoms with Crippen LogP contribution in [0, 0.1) is 17.5 Å². The van der Waals surface area contributed by atoms with E-state index < -0.39 is 29.7 Å². The van der Waals surface area contributed by atoms with Crippen molar-refractivity contribution in [3.63, 3.8) is 0 Å². The van der Waals surface area contributed by atoms with E-state index in [1.807, 2.05) is 0 Å². The number of halogens is 3. The van der Waals surface area contributed by atoms with Crippen LogP contribution in [0.3, 0.4) is 0 Å². The van der Waals surface area contributed by atoms with Gasteiger partial charge in [0.05, 0.1) is 6.10 Å². The first-order valence-electron chi connectivity index (χ1n) is 4.33. The summed E-state index contributed by atoms with van der Waals surface area (Å²) < 4.78 is 43.3. The summed E-state index contributed by atoms with van der Waals surface area (Å²) in [6, 6.07) is 1.76. The van der Waals surface area contributed by atoms with Crippen LogP contribution in [0.2, 0.25) is 0 Å². The molecule has 0 aromatic heterocycles. The standard InChI is InChI=1S/C10H11F3O2/c1-5(15-2)10(14)6-3-4-7(11)9(13)8(6)12/h3-5,10,14H,1-2H3. The molecule has 0 aliphatic carbocycles. The van der Waals surface area contributed by atoms with Gasteiger partial charge in [-0.1, -0.05) is 6.07 Å². The molecule has 0 aliphatic rings. The maximum atomic E-state index is 13.2. The lowest BCUT2D eigenvalue weighted by Gasteiger charge is -2.18. The Morgan fingerprint density at radius 2 is 1.80 bits per heavy atom. The SMILES string of the molecule is COC(C)C(O)c1ccc(F)c(F)c1F. The summed E-state index contributed by atoms with van der Waals surface area (Å²) >= 11 is 0. The average Bonchev–Trinajstić information content (AvgIpc) is 2.24. The zero-order chi connectivity index (χ0) is 11.6. The van der Waals surface area contributed by atoms with Crippen molar-refractivity contribution in [1.82, 2.24) is 0 Å². The summed E-state index contributed by atoms with van der Waals surface area (Å²) in [6.07, 6.45) is -2.03. The molecule has 0 bridgehead atoms. The Morgan fingerprint density at radius 1 is 1.20 bits per heavy atom. The topological polar surface area (TPSA) is 29.5 Å². The molecule has 15 heavy (non-hydrogen) atoms. The summed E-state index contributed by atoms with van der Waals surface area (Å²) in [6.45, 7) is 1.49. The molecule has 0 heterocycles. The first-order chi connectivity index (χ1) is 6.99. The molecule has 2 nitrogen and oxygen atoms in total. The minimum Gasteiger partial charge on any atom is -0.386 e. The Kier molecular flexibility index (Phi) is 3.71. The molecule has 84 valence electrons. The van der Waals surface area contributed by atoms with Gasteiger partial charge in [0.1, 0.15) is 6.10 Å². The van der Waals surface area contributed by atoms with E-state index in [-0.39, 0.29) is 5.56 Å². The molecular formula is C10H11F3O2. The van der Waals surface area contributed by atoms with Gasteiger partial charge in [-0.25, -0.2) is 13.2 Å². The smallest absolute Gasteiger partial charge is 0.194 e. The van der Waals surface area contributed by atoms with Crippen LogP contribution in [0.4, 0.5) is 13.2 Å². The van der Waals surface area contributed by atoms with Crippen molar-refractivity contribution in [3.05, 3.63) is 35.1 Å². The average molecular weight is 220 g/mol. The van der Waals surface area contributed by atoms with Crippen LogP contribution >= 0.6 is 0 Å². The highest BCUT2D eigenvalue weighted by Gasteiger charge is 2.23. The fourth-order valence-electron chi connectivity index (χ4n) is 1.15. The molecule has 0 spiro atoms. The first-order valence-corrected chi connectivity index (χ1v) is 4.33. The molecule has 0 aliphatic heterocycles. The summed E-state index contributed by atoms with van der Waals surface area (Å²) in [5, 5.41) is 9.53. The second-order valence-electron chi connectivity index (χ2n) is 3.15. The largest absolute Gasteiger partial charge is 0.386 e. The van der Waals surface area contributed by atoms with Crippen LogP contribution in [0.5, 0.6) is 0 Å². The number of aliphatic hydroxyl groups excluding tert-OH is 1. The van der Waals surface area contributed by atoms with Crippen LogP contribution in [-0.2, 0) is 4.74 Å². The molecular weight excluding hydrogens is 209 g/mol. The lowest BCUT2D eigenvalue weighted by atomic mass is 10.0. The predicted molar refractivity (Wildman–Crippen MR) is 47.7 cm³/mol. The molecule has 2 atom stereocenters. The fraction of sp³-hybridized carbons (Fsp3) is 0.400. The minimum absolute atomic E-state index is 0.316. The van der Waals surface area contributed by atoms with E-state index in [2.05, 4.69) is 0 Å². The summed E-state index contributed by atoms with van der Waals surface area (Å²) in [7, 11) is 1.33. The normalized spacial score (nSPS) is 15.1. The van der Waals surface area contributed by atoms with Gasteiger partial charge in [-0.2, -0.15) is 0 Å². The van der Waals surface area contributed by atoms with Gasteiger partial charge >= 0.3 is 0 Å². The molecule has 0 saturated heterocycles. The van der Waals surface area contributed by atoms with Crippen molar-refractivity contribution >= 4 is 0 Å². The van der Waals surface area contributed by atoms with Gasteiger partial charge in [0.2, 0.25) is 0 Å². The van der Waals surface area contributed by atoms with Crippen LogP contribution in [-0.4, -0.2) is 18.3 Å². The number of benzene rings is 1. The van der Waals surface area contributed by atoms with Gasteiger partial charge in [-0.15, -0.1) is 0 Å². The van der Waals surface area contributed by atoms with Gasteiger partial charge in [0.15, 0.2) is 17.5 Å². The van der Waals surface area contributed by atoms with Crippen LogP contribution < -0.4 is 0 Å². The van der Waals surface area contributed by atoms with Gasteiger partial charge in [-0.3, -0.25) is 0 Å². The van der Waals surface area contributed by atoms with E-state index in [1.54, 1.807) is 0 Å². The van der Waals surface area contributed by atoms with Crippen molar-refractivity contribution in [2.75, 3.05) is 7.11 Å². The third kappa shape index (κ3) is 2.30. The van der Waals surface area contributed by atoms with Crippen molar-refractivity contribution in [3.8, 4) is 0 Å². The molecule has 0 radical (unpaired) electrons. The van der Waals surface area contributed by atoms with Crippen LogP contribution in [0.15, 0.2) is 12.1 Å². The Hall–Kier alpha value is -1.07. The zero-order valence-corrected chi connectivity index (χ0v) is 8.30. The maximum Gasteiger partial charge on any atom is 0.194 e. The molecule has 0 amide bonds. The Labute approximate surface area is 85.3 Å². The lowest BCUT2D eigenvalue weighted by Crippen LogP contribution is -2.18. The number of rotatable bonds is 3. The molecule has 1 aromatic carbocycles. The molecule has 1 rings (SSSR count). The highest BCUT2D eigenvalue weighted by Crippen LogP contribution is 2.24. The monoisotopic (exact) mass is 220 g/mol. The number of methoxy groups -OCH3 is 1. The summed E-state index contributed by atoms with van der Waals surface area (Å²) in [4.78, 5) is 0. The van der Waals surface area contributed by atoms with Gasteiger partial charge in [0, 0.05) is 12.7 Å². The maximum absolute atomic E-state index is 13.2. The molecule has 5 heteroatoms. The Bertz CT molecular complexity index is 355. The van der Waals surface area contributed by atoms with Gasteiger partial charge in [0.25, 0.3) is 0 Å². The molecule has 1 aromatic rings. The number of hydrogen-bond acceptors (Lipinski definition) is 2. The van der Waals surface area contributed by atoms with E-state index >= 15 is 0 Å². The van der Waals surface area contributed by atoms with E-state index in [1.165, 1.54) is 14.0 Å². The fourth-order valence-corrected chi connectivity index (χ4v) is 1.15. The van der Waals surface area contributed by atoms with E-state index in [0.717, 1.165) is 12.1 Å². The predicted octanol–water partition coefficient (Wildman–Crippen LogP) is 2.17. The van der Waals surface area contributed by atoms with Crippen molar-refractivity contribution in [1.29, 1.82) is 0 Å². The molecule has 0 fully saturated rings. The zero-order valence-electron chi connectivity index (χ0n) is 8.30. The quantitative estimate of drug-likeness (QED) is 0.791. The van der Waals surface area contributed by atoms with Crippen molar-refractivity contribution < 1.29 is 23.0 Å². The minimum atomic E-state index is -1.59. The highest BCUT2D eigenvalue weighted by atomic mass is 19.2. The summed E-state index contributed by atoms with van der Waals surface area (Å²) in [5.41, 5.74) is -0.316. The molecule has 0 saturated carbocycles. The van der Waals surface area contributed by atoms with E-state index in [4.69, 9.17) is 4.74 Å². The van der Waals surface area contributed by atoms with Crippen LogP contribution in [0.25, 0.3) is 0 Å². The molecule has 1 N–H and O–H groups in total. The first kappa shape index (κ1) is 12.0. The Morgan fingerprint density at radius 3 is 2.33 bits per heavy atom. The van der Waals surface area contributed by atoms with Crippen LogP contribution in [0.1, 0.15) is 18.6 Å². The van der Waals surface area contributed by atoms with E-state index in [0.29, 0.717) is 0 Å². The second-order valence-corrected chi connectivity index (χ2v) is 3.15. The van der Waals surface area contributed by atoms with E-state index in [9.17, 15) is 18.3 Å². The molecule has 2 unspecified atom stereocenters. The number of aliphatic hydroxyl groups is 1. The highest BCUT2D eigenvalue weighted by molar-refractivity contribution is 5.23. The number of ether oxygens (including phenoxy) is 1. The third-order valence-electron chi connectivity index (χ3n) is 2.20. The number of hydrogen-bond donors (Lipinski definition) is 1. The Balaban J connectivity index is 3.10. The van der Waals surface area contributed by atoms with Crippen molar-refractivity contribution in [2.24, 2.45) is 0 Å². The lowest BCUT2D eigenvalue weighted by molar-refractivity contribution is -0.00352. The summed E-state index contributed by atoms with van der Waals surface area (Å²) in [5.74, 6) is -4.25. The third-order valence-corrected chi connectivity index (χ3v) is 2.20. The second kappa shape index (κ2) is 4.63. The van der Waals surface area contributed by atoms with Gasteiger partial charge in [-0.05, 0) is 13.0 Å².